The lowest BCUT2D eigenvalue weighted by Gasteiger charge is -1.98. The lowest BCUT2D eigenvalue weighted by molar-refractivity contribution is 0.0602. The van der Waals surface area contributed by atoms with Crippen LogP contribution in [0.4, 0.5) is 0 Å². The van der Waals surface area contributed by atoms with Crippen LogP contribution in [-0.4, -0.2) is 13.1 Å². The van der Waals surface area contributed by atoms with Gasteiger partial charge in [-0.25, -0.2) is 4.79 Å². The number of ether oxygens (including phenoxy) is 1. The molecule has 0 bridgehead atoms. The quantitative estimate of drug-likeness (QED) is 0.706. The molecule has 0 saturated heterocycles. The van der Waals surface area contributed by atoms with Crippen LogP contribution in [-0.2, 0) is 11.2 Å². The van der Waals surface area contributed by atoms with Crippen LogP contribution in [0.2, 0.25) is 0 Å². The molecule has 1 aromatic heterocycles. The zero-order valence-electron chi connectivity index (χ0n) is 8.74. The van der Waals surface area contributed by atoms with E-state index >= 15 is 0 Å². The van der Waals surface area contributed by atoms with E-state index < -0.39 is 0 Å². The van der Waals surface area contributed by atoms with Crippen LogP contribution in [0.15, 0.2) is 28.9 Å². The zero-order chi connectivity index (χ0) is 10.8. The van der Waals surface area contributed by atoms with Crippen molar-refractivity contribution in [2.45, 2.75) is 13.3 Å². The molecule has 0 radical (unpaired) electrons. The van der Waals surface area contributed by atoms with Crippen molar-refractivity contribution in [2.24, 2.45) is 0 Å². The summed E-state index contributed by atoms with van der Waals surface area (Å²) in [5.74, 6) is -0.359. The monoisotopic (exact) mass is 204 g/mol. The molecule has 2 rings (SSSR count). The summed E-state index contributed by atoms with van der Waals surface area (Å²) in [7, 11) is 1.37. The lowest BCUT2D eigenvalue weighted by Crippen LogP contribution is -1.99. The third-order valence-corrected chi connectivity index (χ3v) is 2.47. The molecule has 0 amide bonds. The molecule has 3 heteroatoms. The summed E-state index contributed by atoms with van der Waals surface area (Å²) in [6, 6.07) is 5.78. The number of rotatable bonds is 2. The smallest absolute Gasteiger partial charge is 0.341 e. The predicted octanol–water partition coefficient (Wildman–Crippen LogP) is 2.78. The van der Waals surface area contributed by atoms with E-state index in [9.17, 15) is 4.79 Å². The number of hydrogen-bond donors (Lipinski definition) is 0. The molecular formula is C12H12O3. The predicted molar refractivity (Wildman–Crippen MR) is 56.9 cm³/mol. The van der Waals surface area contributed by atoms with Crippen molar-refractivity contribution in [1.82, 2.24) is 0 Å². The number of para-hydroxylation sites is 1. The molecule has 0 aliphatic carbocycles. The highest BCUT2D eigenvalue weighted by atomic mass is 16.5. The normalized spacial score (nSPS) is 10.5. The van der Waals surface area contributed by atoms with Crippen LogP contribution in [0, 0.1) is 0 Å². The minimum Gasteiger partial charge on any atom is -0.465 e. The summed E-state index contributed by atoms with van der Waals surface area (Å²) in [6.07, 6.45) is 2.33. The van der Waals surface area contributed by atoms with Crippen molar-refractivity contribution in [1.29, 1.82) is 0 Å². The second-order valence-corrected chi connectivity index (χ2v) is 3.29. The molecule has 0 atom stereocenters. The Morgan fingerprint density at radius 3 is 2.93 bits per heavy atom. The second kappa shape index (κ2) is 3.77. The summed E-state index contributed by atoms with van der Waals surface area (Å²) < 4.78 is 10.1. The number of aryl methyl sites for hydroxylation is 1. The summed E-state index contributed by atoms with van der Waals surface area (Å²) in [4.78, 5) is 11.4. The number of carbonyl (C=O) groups excluding carboxylic acids is 1. The highest BCUT2D eigenvalue weighted by molar-refractivity contribution is 6.03. The minimum atomic E-state index is -0.359. The molecule has 2 aromatic rings. The summed E-state index contributed by atoms with van der Waals surface area (Å²) in [6.45, 7) is 2.05. The molecule has 0 fully saturated rings. The molecule has 3 nitrogen and oxygen atoms in total. The fourth-order valence-electron chi connectivity index (χ4n) is 1.66. The largest absolute Gasteiger partial charge is 0.465 e. The van der Waals surface area contributed by atoms with Gasteiger partial charge in [-0.2, -0.15) is 0 Å². The fraction of sp³-hybridized carbons (Fsp3) is 0.250. The van der Waals surface area contributed by atoms with E-state index in [1.807, 2.05) is 18.2 Å². The number of fused-ring (bicyclic) bond motifs is 1. The molecule has 0 aliphatic rings. The first kappa shape index (κ1) is 9.77. The van der Waals surface area contributed by atoms with Crippen molar-refractivity contribution in [2.75, 3.05) is 7.11 Å². The highest BCUT2D eigenvalue weighted by Gasteiger charge is 2.15. The first-order valence-electron chi connectivity index (χ1n) is 4.85. The standard InChI is InChI=1S/C12H12O3/c1-3-8-5-4-6-9-10(12(13)14-2)7-15-11(8)9/h4-7H,3H2,1-2H3. The summed E-state index contributed by atoms with van der Waals surface area (Å²) in [5, 5.41) is 0.821. The van der Waals surface area contributed by atoms with Gasteiger partial charge in [0.15, 0.2) is 0 Å². The molecular weight excluding hydrogens is 192 g/mol. The third kappa shape index (κ3) is 1.50. The van der Waals surface area contributed by atoms with Gasteiger partial charge >= 0.3 is 5.97 Å². The van der Waals surface area contributed by atoms with Gasteiger partial charge in [0, 0.05) is 5.39 Å². The maximum Gasteiger partial charge on any atom is 0.341 e. The number of carbonyl (C=O) groups is 1. The van der Waals surface area contributed by atoms with Gasteiger partial charge in [0.2, 0.25) is 0 Å². The highest BCUT2D eigenvalue weighted by Crippen LogP contribution is 2.25. The minimum absolute atomic E-state index is 0.359. The van der Waals surface area contributed by atoms with E-state index in [-0.39, 0.29) is 5.97 Å². The molecule has 1 aromatic carbocycles. The SMILES string of the molecule is CCc1cccc2c(C(=O)OC)coc12. The van der Waals surface area contributed by atoms with Crippen molar-refractivity contribution >= 4 is 16.9 Å². The van der Waals surface area contributed by atoms with Crippen LogP contribution < -0.4 is 0 Å². The van der Waals surface area contributed by atoms with Crippen molar-refractivity contribution in [3.05, 3.63) is 35.6 Å². The number of furan rings is 1. The Kier molecular flexibility index (Phi) is 2.46. The van der Waals surface area contributed by atoms with Gasteiger partial charge in [-0.05, 0) is 12.0 Å². The van der Waals surface area contributed by atoms with E-state index in [1.54, 1.807) is 0 Å². The van der Waals surface area contributed by atoms with Crippen LogP contribution >= 0.6 is 0 Å². The van der Waals surface area contributed by atoms with E-state index in [0.717, 1.165) is 23.0 Å². The van der Waals surface area contributed by atoms with Gasteiger partial charge in [0.25, 0.3) is 0 Å². The summed E-state index contributed by atoms with van der Waals surface area (Å²) in [5.41, 5.74) is 2.37. The Morgan fingerprint density at radius 2 is 2.27 bits per heavy atom. The Labute approximate surface area is 87.6 Å². The van der Waals surface area contributed by atoms with Crippen molar-refractivity contribution in [3.63, 3.8) is 0 Å². The average Bonchev–Trinajstić information content (AvgIpc) is 2.71. The number of benzene rings is 1. The van der Waals surface area contributed by atoms with Crippen LogP contribution in [0.25, 0.3) is 11.0 Å². The Morgan fingerprint density at radius 1 is 1.47 bits per heavy atom. The number of methoxy groups -OCH3 is 1. The Bertz CT molecular complexity index is 497. The Balaban J connectivity index is 2.66. The van der Waals surface area contributed by atoms with E-state index in [2.05, 4.69) is 11.7 Å². The van der Waals surface area contributed by atoms with Crippen molar-refractivity contribution in [3.8, 4) is 0 Å². The molecule has 0 unspecified atom stereocenters. The summed E-state index contributed by atoms with van der Waals surface area (Å²) >= 11 is 0. The molecule has 15 heavy (non-hydrogen) atoms. The van der Waals surface area contributed by atoms with Gasteiger partial charge in [-0.1, -0.05) is 25.1 Å². The fourth-order valence-corrected chi connectivity index (χ4v) is 1.66. The van der Waals surface area contributed by atoms with Crippen molar-refractivity contribution < 1.29 is 13.9 Å². The maximum absolute atomic E-state index is 11.4. The molecule has 0 spiro atoms. The number of esters is 1. The number of hydrogen-bond acceptors (Lipinski definition) is 3. The van der Waals surface area contributed by atoms with Gasteiger partial charge in [-0.15, -0.1) is 0 Å². The zero-order valence-corrected chi connectivity index (χ0v) is 8.74. The van der Waals surface area contributed by atoms with E-state index in [1.165, 1.54) is 13.4 Å². The van der Waals surface area contributed by atoms with Crippen LogP contribution in [0.1, 0.15) is 22.8 Å². The van der Waals surface area contributed by atoms with E-state index in [4.69, 9.17) is 4.42 Å². The molecule has 1 heterocycles. The topological polar surface area (TPSA) is 39.4 Å². The molecule has 0 aliphatic heterocycles. The lowest BCUT2D eigenvalue weighted by atomic mass is 10.1. The molecule has 0 saturated carbocycles. The Hall–Kier alpha value is -1.77. The van der Waals surface area contributed by atoms with Gasteiger partial charge in [0.05, 0.1) is 7.11 Å². The van der Waals surface area contributed by atoms with Gasteiger partial charge < -0.3 is 9.15 Å². The molecule has 78 valence electrons. The average molecular weight is 204 g/mol. The maximum atomic E-state index is 11.4. The first-order valence-corrected chi connectivity index (χ1v) is 4.85. The third-order valence-electron chi connectivity index (χ3n) is 2.47. The second-order valence-electron chi connectivity index (χ2n) is 3.29. The van der Waals surface area contributed by atoms with Crippen LogP contribution in [0.3, 0.4) is 0 Å². The van der Waals surface area contributed by atoms with Crippen LogP contribution in [0.5, 0.6) is 0 Å². The first-order chi connectivity index (χ1) is 7.27. The van der Waals surface area contributed by atoms with Gasteiger partial charge in [-0.3, -0.25) is 0 Å². The van der Waals surface area contributed by atoms with E-state index in [0.29, 0.717) is 5.56 Å². The molecule has 0 N–H and O–H groups in total. The van der Waals surface area contributed by atoms with Gasteiger partial charge in [0.1, 0.15) is 17.4 Å².